The van der Waals surface area contributed by atoms with E-state index in [1.54, 1.807) is 42.8 Å². The molecule has 1 N–H and O–H groups in total. The molecule has 3 rings (SSSR count). The van der Waals surface area contributed by atoms with Crippen LogP contribution in [-0.4, -0.2) is 24.7 Å². The Bertz CT molecular complexity index is 879. The maximum atomic E-state index is 11.8. The molecule has 134 valence electrons. The molecule has 3 aromatic rings. The van der Waals surface area contributed by atoms with Gasteiger partial charge in [0.15, 0.2) is 0 Å². The highest BCUT2D eigenvalue weighted by Gasteiger charge is 2.12. The summed E-state index contributed by atoms with van der Waals surface area (Å²) < 4.78 is 10.8. The monoisotopic (exact) mass is 368 g/mol. The van der Waals surface area contributed by atoms with Crippen LogP contribution >= 0.6 is 11.3 Å². The molecule has 0 aliphatic rings. The summed E-state index contributed by atoms with van der Waals surface area (Å²) in [5.41, 5.74) is 2.75. The van der Waals surface area contributed by atoms with Crippen molar-refractivity contribution >= 4 is 17.4 Å². The van der Waals surface area contributed by atoms with E-state index in [0.717, 1.165) is 28.0 Å². The van der Waals surface area contributed by atoms with Gasteiger partial charge < -0.3 is 14.8 Å². The lowest BCUT2D eigenvalue weighted by molar-refractivity contribution is 0.200. The van der Waals surface area contributed by atoms with Crippen LogP contribution < -0.4 is 14.8 Å². The number of amides is 1. The second kappa shape index (κ2) is 8.49. The minimum absolute atomic E-state index is 0.455. The number of thiophene rings is 1. The molecule has 2 aromatic heterocycles. The molecule has 0 radical (unpaired) electrons. The van der Waals surface area contributed by atoms with Gasteiger partial charge in [-0.3, -0.25) is 4.98 Å². The van der Waals surface area contributed by atoms with Gasteiger partial charge in [-0.25, -0.2) is 4.79 Å². The Hall–Kier alpha value is -2.86. The zero-order chi connectivity index (χ0) is 18.4. The van der Waals surface area contributed by atoms with E-state index in [-0.39, 0.29) is 0 Å². The van der Waals surface area contributed by atoms with Crippen molar-refractivity contribution in [3.05, 3.63) is 54.2 Å². The van der Waals surface area contributed by atoms with Crippen molar-refractivity contribution in [1.29, 1.82) is 0 Å². The van der Waals surface area contributed by atoms with E-state index in [4.69, 9.17) is 9.47 Å². The summed E-state index contributed by atoms with van der Waals surface area (Å²) in [6, 6.07) is 11.4. The summed E-state index contributed by atoms with van der Waals surface area (Å²) in [5.74, 6) is 1.15. The van der Waals surface area contributed by atoms with Gasteiger partial charge in [0.25, 0.3) is 0 Å². The molecule has 1 amide bonds. The first-order chi connectivity index (χ1) is 12.7. The van der Waals surface area contributed by atoms with E-state index in [0.29, 0.717) is 18.0 Å². The average Bonchev–Trinajstić information content (AvgIpc) is 3.21. The van der Waals surface area contributed by atoms with Crippen LogP contribution in [0.1, 0.15) is 13.3 Å². The third kappa shape index (κ3) is 4.21. The first-order valence-electron chi connectivity index (χ1n) is 8.34. The number of carbonyl (C=O) groups excluding carboxylic acids is 1. The van der Waals surface area contributed by atoms with E-state index >= 15 is 0 Å². The number of hydrogen-bond acceptors (Lipinski definition) is 5. The van der Waals surface area contributed by atoms with Crippen LogP contribution in [0.4, 0.5) is 4.79 Å². The normalized spacial score (nSPS) is 10.4. The Morgan fingerprint density at radius 2 is 2.04 bits per heavy atom. The van der Waals surface area contributed by atoms with Crippen molar-refractivity contribution < 1.29 is 14.3 Å². The van der Waals surface area contributed by atoms with E-state index in [1.165, 1.54) is 0 Å². The Labute approximate surface area is 156 Å². The smallest absolute Gasteiger partial charge is 0.412 e. The summed E-state index contributed by atoms with van der Waals surface area (Å²) in [4.78, 5) is 17.3. The molecule has 0 saturated heterocycles. The summed E-state index contributed by atoms with van der Waals surface area (Å²) in [7, 11) is 1.61. The van der Waals surface area contributed by atoms with Gasteiger partial charge in [0.2, 0.25) is 0 Å². The Morgan fingerprint density at radius 3 is 2.77 bits per heavy atom. The lowest BCUT2D eigenvalue weighted by Gasteiger charge is -2.12. The Kier molecular flexibility index (Phi) is 5.86. The van der Waals surface area contributed by atoms with Gasteiger partial charge in [0, 0.05) is 40.5 Å². The van der Waals surface area contributed by atoms with Gasteiger partial charge in [-0.2, -0.15) is 0 Å². The first kappa shape index (κ1) is 17.9. The van der Waals surface area contributed by atoms with Crippen LogP contribution in [0, 0.1) is 0 Å². The third-order valence-corrected chi connectivity index (χ3v) is 4.67. The summed E-state index contributed by atoms with van der Waals surface area (Å²) in [6.45, 7) is 2.56. The zero-order valence-electron chi connectivity index (χ0n) is 14.7. The molecule has 0 atom stereocenters. The predicted octanol–water partition coefficient (Wildman–Crippen LogP) is 4.98. The predicted molar refractivity (Wildman–Crippen MR) is 104 cm³/mol. The van der Waals surface area contributed by atoms with Gasteiger partial charge in [-0.1, -0.05) is 13.0 Å². The van der Waals surface area contributed by atoms with Gasteiger partial charge in [-0.15, -0.1) is 11.3 Å². The number of benzene rings is 1. The lowest BCUT2D eigenvalue weighted by atomic mass is 10.0. The highest BCUT2D eigenvalue weighted by Crippen LogP contribution is 2.35. The van der Waals surface area contributed by atoms with Crippen LogP contribution in [0.5, 0.6) is 11.5 Å². The molecule has 0 bridgehead atoms. The van der Waals surface area contributed by atoms with Crippen LogP contribution in [0.25, 0.3) is 21.6 Å². The number of pyridine rings is 1. The second-order valence-electron chi connectivity index (χ2n) is 5.62. The number of hydrogen-bond donors (Lipinski definition) is 1. The quantitative estimate of drug-likeness (QED) is 0.666. The number of nitrogens with zero attached hydrogens (tertiary/aromatic N) is 1. The van der Waals surface area contributed by atoms with E-state index in [9.17, 15) is 4.79 Å². The number of nitrogens with one attached hydrogen (secondary N) is 1. The second-order valence-corrected chi connectivity index (χ2v) is 6.57. The molecule has 0 aliphatic carbocycles. The van der Waals surface area contributed by atoms with Gasteiger partial charge in [0.1, 0.15) is 11.5 Å². The van der Waals surface area contributed by atoms with Gasteiger partial charge in [0.05, 0.1) is 7.11 Å². The topological polar surface area (TPSA) is 60.5 Å². The van der Waals surface area contributed by atoms with Crippen molar-refractivity contribution in [3.63, 3.8) is 0 Å². The molecular formula is C20H20N2O3S. The molecular weight excluding hydrogens is 348 g/mol. The van der Waals surface area contributed by atoms with E-state index in [2.05, 4.69) is 22.4 Å². The molecule has 0 fully saturated rings. The molecule has 26 heavy (non-hydrogen) atoms. The zero-order valence-corrected chi connectivity index (χ0v) is 15.5. The number of carbonyl (C=O) groups is 1. The van der Waals surface area contributed by atoms with Crippen LogP contribution in [0.2, 0.25) is 0 Å². The molecule has 5 nitrogen and oxygen atoms in total. The molecule has 2 heterocycles. The SMILES string of the molecule is CCCNC(=O)Oc1ccc(OC)c(-c2cncc(-c3cccs3)c2)c1. The molecule has 0 unspecified atom stereocenters. The highest BCUT2D eigenvalue weighted by atomic mass is 32.1. The summed E-state index contributed by atoms with van der Waals surface area (Å²) in [5, 5.41) is 4.73. The maximum absolute atomic E-state index is 11.8. The lowest BCUT2D eigenvalue weighted by Crippen LogP contribution is -2.27. The first-order valence-corrected chi connectivity index (χ1v) is 9.22. The largest absolute Gasteiger partial charge is 0.496 e. The molecule has 6 heteroatoms. The van der Waals surface area contributed by atoms with E-state index in [1.807, 2.05) is 24.6 Å². The summed E-state index contributed by atoms with van der Waals surface area (Å²) >= 11 is 1.66. The number of ether oxygens (including phenoxy) is 2. The van der Waals surface area contributed by atoms with Crippen molar-refractivity contribution in [2.45, 2.75) is 13.3 Å². The average molecular weight is 368 g/mol. The Morgan fingerprint density at radius 1 is 1.19 bits per heavy atom. The number of methoxy groups -OCH3 is 1. The number of rotatable bonds is 6. The van der Waals surface area contributed by atoms with E-state index < -0.39 is 6.09 Å². The fourth-order valence-electron chi connectivity index (χ4n) is 2.51. The summed E-state index contributed by atoms with van der Waals surface area (Å²) in [6.07, 6.45) is 3.99. The fraction of sp³-hybridized carbons (Fsp3) is 0.200. The third-order valence-electron chi connectivity index (χ3n) is 3.76. The van der Waals surface area contributed by atoms with Crippen molar-refractivity contribution in [2.24, 2.45) is 0 Å². The van der Waals surface area contributed by atoms with Crippen LogP contribution in [0.3, 0.4) is 0 Å². The van der Waals surface area contributed by atoms with Crippen molar-refractivity contribution in [1.82, 2.24) is 10.3 Å². The minimum atomic E-state index is -0.464. The van der Waals surface area contributed by atoms with Crippen LogP contribution in [0.15, 0.2) is 54.2 Å². The van der Waals surface area contributed by atoms with Gasteiger partial charge in [-0.05, 0) is 42.1 Å². The Balaban J connectivity index is 1.92. The fourth-order valence-corrected chi connectivity index (χ4v) is 3.22. The molecule has 0 spiro atoms. The minimum Gasteiger partial charge on any atom is -0.496 e. The molecule has 0 aliphatic heterocycles. The molecule has 1 aromatic carbocycles. The van der Waals surface area contributed by atoms with Gasteiger partial charge >= 0.3 is 6.09 Å². The highest BCUT2D eigenvalue weighted by molar-refractivity contribution is 7.13. The maximum Gasteiger partial charge on any atom is 0.412 e. The van der Waals surface area contributed by atoms with Crippen molar-refractivity contribution in [3.8, 4) is 33.1 Å². The molecule has 0 saturated carbocycles. The standard InChI is InChI=1S/C20H20N2O3S/c1-3-8-22-20(23)25-16-6-7-18(24-2)17(11-16)14-10-15(13-21-12-14)19-5-4-9-26-19/h4-7,9-13H,3,8H2,1-2H3,(H,22,23). The van der Waals surface area contributed by atoms with Crippen molar-refractivity contribution in [2.75, 3.05) is 13.7 Å². The van der Waals surface area contributed by atoms with Crippen LogP contribution in [-0.2, 0) is 0 Å². The number of aromatic nitrogens is 1.